The number of benzene rings is 6. The van der Waals surface area contributed by atoms with Crippen LogP contribution >= 0.6 is 0 Å². The summed E-state index contributed by atoms with van der Waals surface area (Å²) in [7, 11) is 0. The second kappa shape index (κ2) is 26.4. The van der Waals surface area contributed by atoms with E-state index in [1.54, 1.807) is 9.80 Å². The maximum Gasteiger partial charge on any atom is 0.237 e. The summed E-state index contributed by atoms with van der Waals surface area (Å²) in [5.41, 5.74) is 11.1. The van der Waals surface area contributed by atoms with Gasteiger partial charge in [0.25, 0.3) is 0 Å². The molecule has 1 aliphatic rings. The van der Waals surface area contributed by atoms with E-state index in [4.69, 9.17) is 5.73 Å². The Morgan fingerprint density at radius 2 is 0.849 bits per heavy atom. The minimum atomic E-state index is -1.13. The van der Waals surface area contributed by atoms with Crippen LogP contribution in [0, 0.1) is 0 Å². The predicted molar refractivity (Wildman–Crippen MR) is 295 cm³/mol. The molecule has 7 rings (SSSR count). The van der Waals surface area contributed by atoms with Crippen molar-refractivity contribution < 1.29 is 19.2 Å². The van der Waals surface area contributed by atoms with E-state index in [9.17, 15) is 4.79 Å². The van der Waals surface area contributed by atoms with E-state index in [-0.39, 0.29) is 73.7 Å². The highest BCUT2D eigenvalue weighted by atomic mass is 16.2. The van der Waals surface area contributed by atoms with Crippen molar-refractivity contribution >= 4 is 23.4 Å². The van der Waals surface area contributed by atoms with Gasteiger partial charge < -0.3 is 15.5 Å². The van der Waals surface area contributed by atoms with Gasteiger partial charge in [0.15, 0.2) is 11.6 Å². The molecule has 0 bridgehead atoms. The van der Waals surface area contributed by atoms with Crippen molar-refractivity contribution in [3.05, 3.63) is 215 Å². The van der Waals surface area contributed by atoms with Crippen LogP contribution in [-0.4, -0.2) is 113 Å². The molecule has 0 aromatic heterocycles. The molecule has 0 radical (unpaired) electrons. The summed E-state index contributed by atoms with van der Waals surface area (Å²) < 4.78 is 0. The van der Waals surface area contributed by atoms with Crippen LogP contribution in [0.4, 0.5) is 0 Å². The maximum atomic E-state index is 15.3. The first-order valence-electron chi connectivity index (χ1n) is 26.4. The fraction of sp³-hybridized carbons (Fsp3) is 0.375. The van der Waals surface area contributed by atoms with Gasteiger partial charge in [-0.1, -0.05) is 188 Å². The summed E-state index contributed by atoms with van der Waals surface area (Å²) in [6.45, 7) is 10.5. The van der Waals surface area contributed by atoms with Crippen molar-refractivity contribution in [3.8, 4) is 0 Å². The average molecular weight is 980 g/mol. The molecular formula is C64H77N5O4. The van der Waals surface area contributed by atoms with Crippen LogP contribution in [0.5, 0.6) is 0 Å². The average Bonchev–Trinajstić information content (AvgIpc) is 3.42. The zero-order valence-corrected chi connectivity index (χ0v) is 43.7. The van der Waals surface area contributed by atoms with Crippen molar-refractivity contribution in [3.63, 3.8) is 0 Å². The number of hydrogen-bond donors (Lipinski definition) is 1. The smallest absolute Gasteiger partial charge is 0.237 e. The molecule has 0 aliphatic carbocycles. The van der Waals surface area contributed by atoms with Crippen molar-refractivity contribution in [2.24, 2.45) is 5.73 Å². The van der Waals surface area contributed by atoms with E-state index >= 15 is 14.4 Å². The number of carbonyl (C=O) groups excluding carboxylic acids is 4. The molecule has 9 heteroatoms. The highest BCUT2D eigenvalue weighted by Gasteiger charge is 2.39. The zero-order chi connectivity index (χ0) is 51.6. The lowest BCUT2D eigenvalue weighted by Gasteiger charge is -2.42. The number of carbonyl (C=O) groups is 4. The first-order valence-corrected chi connectivity index (χ1v) is 26.4. The van der Waals surface area contributed by atoms with Gasteiger partial charge in [-0.25, -0.2) is 0 Å². The first kappa shape index (κ1) is 54.3. The van der Waals surface area contributed by atoms with Crippen molar-refractivity contribution in [2.45, 2.75) is 95.1 Å². The van der Waals surface area contributed by atoms with E-state index in [1.807, 2.05) is 98.8 Å². The predicted octanol–water partition coefficient (Wildman–Crippen LogP) is 10.8. The number of ketones is 2. The van der Waals surface area contributed by atoms with Crippen LogP contribution < -0.4 is 5.73 Å². The molecule has 2 N–H and O–H groups in total. The van der Waals surface area contributed by atoms with Crippen molar-refractivity contribution in [2.75, 3.05) is 58.9 Å². The number of hydrogen-bond acceptors (Lipinski definition) is 7. The maximum absolute atomic E-state index is 15.3. The lowest BCUT2D eigenvalue weighted by atomic mass is 9.87. The second-order valence-electron chi connectivity index (χ2n) is 21.0. The molecule has 1 aliphatic heterocycles. The third-order valence-electron chi connectivity index (χ3n) is 15.2. The van der Waals surface area contributed by atoms with Crippen LogP contribution in [0.25, 0.3) is 0 Å². The largest absolute Gasteiger partial charge is 0.334 e. The number of amides is 2. The Labute approximate surface area is 435 Å². The molecular weight excluding hydrogens is 903 g/mol. The van der Waals surface area contributed by atoms with E-state index in [2.05, 4.69) is 121 Å². The molecule has 0 spiro atoms. The quantitative estimate of drug-likeness (QED) is 0.109. The normalized spacial score (nSPS) is 17.2. The topological polar surface area (TPSA) is 107 Å². The second-order valence-corrected chi connectivity index (χ2v) is 21.0. The summed E-state index contributed by atoms with van der Waals surface area (Å²) in [4.78, 5) is 67.8. The number of nitrogens with two attached hydrogens (primary N) is 1. The van der Waals surface area contributed by atoms with Crippen LogP contribution in [0.1, 0.15) is 117 Å². The Kier molecular flexibility index (Phi) is 19.6. The van der Waals surface area contributed by atoms with Gasteiger partial charge in [0.2, 0.25) is 11.8 Å². The van der Waals surface area contributed by atoms with Gasteiger partial charge in [-0.05, 0) is 86.9 Å². The molecule has 6 aromatic rings. The van der Waals surface area contributed by atoms with Gasteiger partial charge in [-0.3, -0.25) is 29.0 Å². The third kappa shape index (κ3) is 15.0. The third-order valence-corrected chi connectivity index (χ3v) is 15.2. The number of Topliss-reactive ketones (excluding diaryl/α,β-unsaturated/α-hetero) is 2. The molecule has 2 amide bonds. The van der Waals surface area contributed by atoms with Crippen LogP contribution in [0.15, 0.2) is 182 Å². The van der Waals surface area contributed by atoms with Crippen LogP contribution in [0.3, 0.4) is 0 Å². The molecule has 9 nitrogen and oxygen atoms in total. The van der Waals surface area contributed by atoms with E-state index < -0.39 is 11.1 Å². The molecule has 0 saturated carbocycles. The highest BCUT2D eigenvalue weighted by molar-refractivity contribution is 5.93. The standard InChI is InChI=1S/C64H77N5O4/c1-63(2)40-24-23-38-56(70)44-67(45-57(50-26-11-5-12-27-50)51-28-13-6-14-29-51)61(72)39-43-68(46-58(52-30-15-7-16-31-52)53-32-17-8-18-33-53)64(3,4)60(71)48-66(42-25-41-65)62(73)49-69(63)47-59(54-34-19-9-20-35-54)55-36-21-10-22-37-55/h5-22,26-37,57-59H,23-25,38-49,65H2,1-4H3. The molecule has 73 heavy (non-hydrogen) atoms. The monoisotopic (exact) mass is 980 g/mol. The molecule has 0 atom stereocenters. The Hall–Kier alpha value is -6.52. The summed E-state index contributed by atoms with van der Waals surface area (Å²) in [6, 6.07) is 61.9. The fourth-order valence-electron chi connectivity index (χ4n) is 10.5. The summed E-state index contributed by atoms with van der Waals surface area (Å²) in [5.74, 6) is -0.734. The number of nitrogens with zero attached hydrogens (tertiary/aromatic N) is 4. The first-order chi connectivity index (χ1) is 35.3. The van der Waals surface area contributed by atoms with Gasteiger partial charge in [-0.2, -0.15) is 0 Å². The van der Waals surface area contributed by atoms with Gasteiger partial charge >= 0.3 is 0 Å². The zero-order valence-electron chi connectivity index (χ0n) is 43.7. The minimum Gasteiger partial charge on any atom is -0.334 e. The molecule has 1 fully saturated rings. The van der Waals surface area contributed by atoms with E-state index in [1.165, 1.54) is 0 Å². The Bertz CT molecular complexity index is 2510. The van der Waals surface area contributed by atoms with E-state index in [0.717, 1.165) is 46.2 Å². The lowest BCUT2D eigenvalue weighted by molar-refractivity contribution is -0.141. The summed E-state index contributed by atoms with van der Waals surface area (Å²) in [5, 5.41) is 0. The molecule has 6 aromatic carbocycles. The molecule has 1 saturated heterocycles. The summed E-state index contributed by atoms with van der Waals surface area (Å²) in [6.07, 6.45) is 3.07. The SMILES string of the molecule is CC1(C)CCCCC(=O)CN(CC(c2ccccc2)c2ccccc2)C(=O)CCN(CC(c2ccccc2)c2ccccc2)C(C)(C)C(=O)CN(CCCN)C(=O)CN1CC(c1ccccc1)c1ccccc1. The van der Waals surface area contributed by atoms with Crippen molar-refractivity contribution in [1.82, 2.24) is 19.6 Å². The van der Waals surface area contributed by atoms with E-state index in [0.29, 0.717) is 52.0 Å². The van der Waals surface area contributed by atoms with Gasteiger partial charge in [0.1, 0.15) is 0 Å². The Morgan fingerprint density at radius 1 is 0.452 bits per heavy atom. The molecule has 1 heterocycles. The Balaban J connectivity index is 1.28. The summed E-state index contributed by atoms with van der Waals surface area (Å²) >= 11 is 0. The van der Waals surface area contributed by atoms with Gasteiger partial charge in [-0.15, -0.1) is 0 Å². The van der Waals surface area contributed by atoms with Crippen LogP contribution in [-0.2, 0) is 19.2 Å². The van der Waals surface area contributed by atoms with Crippen LogP contribution in [0.2, 0.25) is 0 Å². The fourth-order valence-corrected chi connectivity index (χ4v) is 10.5. The molecule has 0 unspecified atom stereocenters. The Morgan fingerprint density at radius 3 is 1.26 bits per heavy atom. The van der Waals surface area contributed by atoms with Crippen molar-refractivity contribution in [1.29, 1.82) is 0 Å². The minimum absolute atomic E-state index is 0.00999. The number of rotatable bonds is 15. The lowest BCUT2D eigenvalue weighted by Crippen LogP contribution is -2.57. The van der Waals surface area contributed by atoms with Gasteiger partial charge in [0.05, 0.1) is 25.2 Å². The van der Waals surface area contributed by atoms with Gasteiger partial charge in [0, 0.05) is 68.9 Å². The molecule has 382 valence electrons. The highest BCUT2D eigenvalue weighted by Crippen LogP contribution is 2.33.